The van der Waals surface area contributed by atoms with Gasteiger partial charge in [-0.25, -0.2) is 4.79 Å². The summed E-state index contributed by atoms with van der Waals surface area (Å²) in [6.07, 6.45) is 3.60. The van der Waals surface area contributed by atoms with E-state index in [0.717, 1.165) is 22.5 Å². The third-order valence-corrected chi connectivity index (χ3v) is 5.68. The SMILES string of the molecule is Cn1ncc(C2=C(C#N)c3c(N4CCN(C(=O)OC5COC5)CC4)ccnc3C2)n1. The van der Waals surface area contributed by atoms with Crippen LogP contribution in [-0.2, 0) is 22.9 Å². The van der Waals surface area contributed by atoms with E-state index < -0.39 is 0 Å². The second-order valence-electron chi connectivity index (χ2n) is 7.53. The van der Waals surface area contributed by atoms with E-state index in [1.54, 1.807) is 24.3 Å². The molecular formula is C20H21N7O3. The van der Waals surface area contributed by atoms with Crippen LogP contribution in [0.3, 0.4) is 0 Å². The molecular weight excluding hydrogens is 386 g/mol. The molecule has 2 aromatic rings. The van der Waals surface area contributed by atoms with Crippen LogP contribution >= 0.6 is 0 Å². The number of rotatable bonds is 3. The molecule has 0 aromatic carbocycles. The average Bonchev–Trinajstić information content (AvgIpc) is 3.33. The van der Waals surface area contributed by atoms with Crippen LogP contribution in [0.4, 0.5) is 10.5 Å². The third-order valence-electron chi connectivity index (χ3n) is 5.68. The van der Waals surface area contributed by atoms with Crippen molar-refractivity contribution in [1.82, 2.24) is 24.9 Å². The van der Waals surface area contributed by atoms with Gasteiger partial charge in [-0.15, -0.1) is 0 Å². The highest BCUT2D eigenvalue weighted by Gasteiger charge is 2.32. The first kappa shape index (κ1) is 18.6. The van der Waals surface area contributed by atoms with Crippen LogP contribution < -0.4 is 4.90 Å². The van der Waals surface area contributed by atoms with E-state index in [4.69, 9.17) is 9.47 Å². The van der Waals surface area contributed by atoms with Gasteiger partial charge in [0.1, 0.15) is 11.8 Å². The minimum Gasteiger partial charge on any atom is -0.441 e. The molecule has 10 heteroatoms. The van der Waals surface area contributed by atoms with Gasteiger partial charge >= 0.3 is 6.09 Å². The minimum absolute atomic E-state index is 0.123. The van der Waals surface area contributed by atoms with Gasteiger partial charge < -0.3 is 19.3 Å². The molecule has 10 nitrogen and oxygen atoms in total. The van der Waals surface area contributed by atoms with Gasteiger partial charge in [-0.2, -0.15) is 20.3 Å². The number of aromatic nitrogens is 4. The second-order valence-corrected chi connectivity index (χ2v) is 7.53. The Morgan fingerprint density at radius 3 is 2.73 bits per heavy atom. The Labute approximate surface area is 173 Å². The van der Waals surface area contributed by atoms with Crippen molar-refractivity contribution in [2.75, 3.05) is 44.3 Å². The molecule has 0 N–H and O–H groups in total. The molecule has 3 aliphatic rings. The quantitative estimate of drug-likeness (QED) is 0.737. The minimum atomic E-state index is -0.287. The number of ether oxygens (including phenoxy) is 2. The number of nitriles is 1. The molecule has 0 bridgehead atoms. The highest BCUT2D eigenvalue weighted by molar-refractivity contribution is 6.04. The molecule has 1 amide bonds. The number of carbonyl (C=O) groups is 1. The van der Waals surface area contributed by atoms with Crippen molar-refractivity contribution >= 4 is 22.9 Å². The van der Waals surface area contributed by atoms with Gasteiger partial charge in [0.05, 0.1) is 30.7 Å². The number of piperazine rings is 1. The molecule has 5 rings (SSSR count). The summed E-state index contributed by atoms with van der Waals surface area (Å²) in [6, 6.07) is 4.30. The Hall–Kier alpha value is -3.45. The molecule has 2 aromatic heterocycles. The number of hydrogen-bond acceptors (Lipinski definition) is 8. The number of allylic oxidation sites excluding steroid dienone is 2. The second kappa shape index (κ2) is 7.42. The van der Waals surface area contributed by atoms with Gasteiger partial charge in [-0.3, -0.25) is 4.98 Å². The first-order chi connectivity index (χ1) is 14.6. The number of fused-ring (bicyclic) bond motifs is 1. The molecule has 30 heavy (non-hydrogen) atoms. The zero-order valence-electron chi connectivity index (χ0n) is 16.6. The predicted octanol–water partition coefficient (Wildman–Crippen LogP) is 0.858. The molecule has 0 saturated carbocycles. The van der Waals surface area contributed by atoms with Crippen LogP contribution in [0.2, 0.25) is 0 Å². The number of anilines is 1. The van der Waals surface area contributed by atoms with Crippen molar-refractivity contribution in [2.45, 2.75) is 12.5 Å². The highest BCUT2D eigenvalue weighted by atomic mass is 16.6. The molecule has 2 aliphatic heterocycles. The summed E-state index contributed by atoms with van der Waals surface area (Å²) in [6.45, 7) is 3.40. The Kier molecular flexibility index (Phi) is 4.59. The van der Waals surface area contributed by atoms with E-state index in [1.807, 2.05) is 6.07 Å². The number of amides is 1. The monoisotopic (exact) mass is 407 g/mol. The zero-order chi connectivity index (χ0) is 20.7. The number of pyridine rings is 1. The molecule has 1 aliphatic carbocycles. The van der Waals surface area contributed by atoms with Gasteiger partial charge in [0.15, 0.2) is 6.10 Å². The van der Waals surface area contributed by atoms with Crippen LogP contribution in [0.5, 0.6) is 0 Å². The lowest BCUT2D eigenvalue weighted by molar-refractivity contribution is -0.104. The van der Waals surface area contributed by atoms with Crippen LogP contribution in [0.15, 0.2) is 18.5 Å². The van der Waals surface area contributed by atoms with Gasteiger partial charge in [-0.05, 0) is 6.07 Å². The van der Waals surface area contributed by atoms with Gasteiger partial charge in [0.25, 0.3) is 0 Å². The van der Waals surface area contributed by atoms with Gasteiger partial charge in [0.2, 0.25) is 0 Å². The molecule has 154 valence electrons. The fourth-order valence-electron chi connectivity index (χ4n) is 4.03. The fourth-order valence-corrected chi connectivity index (χ4v) is 4.03. The van der Waals surface area contributed by atoms with E-state index in [2.05, 4.69) is 26.2 Å². The van der Waals surface area contributed by atoms with E-state index in [1.165, 1.54) is 4.80 Å². The summed E-state index contributed by atoms with van der Waals surface area (Å²) in [4.78, 5) is 22.2. The average molecular weight is 407 g/mol. The van der Waals surface area contributed by atoms with Crippen LogP contribution in [-0.4, -0.2) is 76.5 Å². The molecule has 4 heterocycles. The van der Waals surface area contributed by atoms with Crippen molar-refractivity contribution < 1.29 is 14.3 Å². The molecule has 0 unspecified atom stereocenters. The number of aryl methyl sites for hydroxylation is 1. The van der Waals surface area contributed by atoms with Gasteiger partial charge in [-0.1, -0.05) is 0 Å². The lowest BCUT2D eigenvalue weighted by Crippen LogP contribution is -2.51. The van der Waals surface area contributed by atoms with Crippen LogP contribution in [0.25, 0.3) is 11.1 Å². The topological polar surface area (TPSA) is 109 Å². The van der Waals surface area contributed by atoms with E-state index in [-0.39, 0.29) is 12.2 Å². The maximum atomic E-state index is 12.3. The molecule has 0 radical (unpaired) electrons. The lowest BCUT2D eigenvalue weighted by atomic mass is 10.0. The Bertz CT molecular complexity index is 1060. The van der Waals surface area contributed by atoms with Gasteiger partial charge in [0, 0.05) is 62.7 Å². The normalized spacial score (nSPS) is 18.8. The molecule has 0 atom stereocenters. The summed E-state index contributed by atoms with van der Waals surface area (Å²) in [5, 5.41) is 18.4. The summed E-state index contributed by atoms with van der Waals surface area (Å²) < 4.78 is 10.5. The maximum absolute atomic E-state index is 12.3. The summed E-state index contributed by atoms with van der Waals surface area (Å²) in [5.74, 6) is 0. The summed E-state index contributed by atoms with van der Waals surface area (Å²) in [5.41, 5.74) is 4.85. The van der Waals surface area contributed by atoms with Crippen molar-refractivity contribution in [3.05, 3.63) is 35.4 Å². The number of nitrogens with zero attached hydrogens (tertiary/aromatic N) is 7. The number of hydrogen-bond donors (Lipinski definition) is 0. The highest BCUT2D eigenvalue weighted by Crippen LogP contribution is 2.41. The zero-order valence-corrected chi connectivity index (χ0v) is 16.6. The smallest absolute Gasteiger partial charge is 0.410 e. The molecule has 0 spiro atoms. The largest absolute Gasteiger partial charge is 0.441 e. The predicted molar refractivity (Wildman–Crippen MR) is 106 cm³/mol. The van der Waals surface area contributed by atoms with Crippen LogP contribution in [0, 0.1) is 11.3 Å². The Morgan fingerprint density at radius 1 is 1.30 bits per heavy atom. The molecule has 2 fully saturated rings. The summed E-state index contributed by atoms with van der Waals surface area (Å²) in [7, 11) is 1.75. The summed E-state index contributed by atoms with van der Waals surface area (Å²) >= 11 is 0. The fraction of sp³-hybridized carbons (Fsp3) is 0.450. The van der Waals surface area contributed by atoms with E-state index in [0.29, 0.717) is 57.1 Å². The third kappa shape index (κ3) is 3.17. The number of carbonyl (C=O) groups excluding carboxylic acids is 1. The van der Waals surface area contributed by atoms with Crippen molar-refractivity contribution in [2.24, 2.45) is 7.05 Å². The van der Waals surface area contributed by atoms with Crippen LogP contribution in [0.1, 0.15) is 17.0 Å². The van der Waals surface area contributed by atoms with Crippen molar-refractivity contribution in [3.8, 4) is 6.07 Å². The Balaban J connectivity index is 1.36. The standard InChI is InChI=1S/C20H21N7O3/c1-25-23-10-17(24-25)14-8-16-19(15(14)9-21)18(2-3-22-16)26-4-6-27(7-5-26)20(28)30-13-11-29-12-13/h2-3,10,13H,4-8,11-12H2,1H3. The first-order valence-corrected chi connectivity index (χ1v) is 9.90. The van der Waals surface area contributed by atoms with E-state index in [9.17, 15) is 10.1 Å². The lowest BCUT2D eigenvalue weighted by Gasteiger charge is -2.37. The van der Waals surface area contributed by atoms with E-state index >= 15 is 0 Å². The Morgan fingerprint density at radius 2 is 2.10 bits per heavy atom. The van der Waals surface area contributed by atoms with Crippen molar-refractivity contribution in [3.63, 3.8) is 0 Å². The molecule has 2 saturated heterocycles. The first-order valence-electron chi connectivity index (χ1n) is 9.90. The maximum Gasteiger partial charge on any atom is 0.410 e. The van der Waals surface area contributed by atoms with Crippen molar-refractivity contribution in [1.29, 1.82) is 5.26 Å².